The van der Waals surface area contributed by atoms with E-state index in [0.717, 1.165) is 5.69 Å². The highest BCUT2D eigenvalue weighted by molar-refractivity contribution is 5.77. The molecule has 0 aromatic carbocycles. The summed E-state index contributed by atoms with van der Waals surface area (Å²) >= 11 is 0. The van der Waals surface area contributed by atoms with Crippen molar-refractivity contribution in [3.63, 3.8) is 0 Å². The van der Waals surface area contributed by atoms with Crippen LogP contribution in [0.2, 0.25) is 0 Å². The number of hydrogen-bond acceptors (Lipinski definition) is 2. The fourth-order valence-electron chi connectivity index (χ4n) is 1.25. The topological polar surface area (TPSA) is 33.2 Å². The molecule has 0 spiro atoms. The number of carbonyl (C=O) groups excluding carboxylic acids is 1. The predicted molar refractivity (Wildman–Crippen MR) is 55.5 cm³/mol. The molecule has 0 saturated heterocycles. The van der Waals surface area contributed by atoms with Crippen molar-refractivity contribution in [1.82, 2.24) is 9.88 Å². The Morgan fingerprint density at radius 3 is 2.71 bits per heavy atom. The lowest BCUT2D eigenvalue weighted by molar-refractivity contribution is -0.133. The molecular weight excluding hydrogens is 176 g/mol. The lowest BCUT2D eigenvalue weighted by Gasteiger charge is -2.18. The molecule has 0 aliphatic rings. The van der Waals surface area contributed by atoms with E-state index in [2.05, 4.69) is 4.98 Å². The number of carbonyl (C=O) groups is 1. The first-order valence-electron chi connectivity index (χ1n) is 4.76. The van der Waals surface area contributed by atoms with Gasteiger partial charge in [-0.2, -0.15) is 0 Å². The summed E-state index contributed by atoms with van der Waals surface area (Å²) in [6, 6.07) is 5.72. The van der Waals surface area contributed by atoms with Crippen molar-refractivity contribution in [3.05, 3.63) is 30.1 Å². The maximum atomic E-state index is 11.5. The molecule has 76 valence electrons. The highest BCUT2D eigenvalue weighted by atomic mass is 16.2. The van der Waals surface area contributed by atoms with Crippen LogP contribution in [0.25, 0.3) is 0 Å². The maximum absolute atomic E-state index is 11.5. The van der Waals surface area contributed by atoms with Crippen LogP contribution in [0.5, 0.6) is 0 Å². The molecular formula is C11H16N2O. The molecule has 1 rings (SSSR count). The number of aromatic nitrogens is 1. The minimum atomic E-state index is 0.0451. The largest absolute Gasteiger partial charge is 0.340 e. The molecule has 0 bridgehead atoms. The SMILES string of the molecule is CC(C)C(=O)N(C)Cc1ccccn1. The second kappa shape index (κ2) is 4.74. The van der Waals surface area contributed by atoms with Crippen molar-refractivity contribution in [1.29, 1.82) is 0 Å². The first kappa shape index (κ1) is 10.7. The van der Waals surface area contributed by atoms with Crippen LogP contribution in [0.4, 0.5) is 0 Å². The molecule has 0 fully saturated rings. The predicted octanol–water partition coefficient (Wildman–Crippen LogP) is 1.70. The summed E-state index contributed by atoms with van der Waals surface area (Å²) in [5, 5.41) is 0. The third kappa shape index (κ3) is 2.83. The minimum absolute atomic E-state index is 0.0451. The third-order valence-corrected chi connectivity index (χ3v) is 2.00. The fraction of sp³-hybridized carbons (Fsp3) is 0.455. The van der Waals surface area contributed by atoms with Crippen molar-refractivity contribution < 1.29 is 4.79 Å². The molecule has 14 heavy (non-hydrogen) atoms. The molecule has 1 aromatic heterocycles. The average Bonchev–Trinajstić information content (AvgIpc) is 2.18. The summed E-state index contributed by atoms with van der Waals surface area (Å²) in [6.07, 6.45) is 1.74. The summed E-state index contributed by atoms with van der Waals surface area (Å²) in [6.45, 7) is 4.38. The van der Waals surface area contributed by atoms with E-state index in [1.165, 1.54) is 0 Å². The van der Waals surface area contributed by atoms with E-state index < -0.39 is 0 Å². The number of amides is 1. The van der Waals surface area contributed by atoms with Gasteiger partial charge in [0.1, 0.15) is 0 Å². The summed E-state index contributed by atoms with van der Waals surface area (Å²) in [7, 11) is 1.80. The molecule has 1 aromatic rings. The van der Waals surface area contributed by atoms with Gasteiger partial charge in [-0.3, -0.25) is 9.78 Å². The Hall–Kier alpha value is -1.38. The molecule has 0 unspecified atom stereocenters. The van der Waals surface area contributed by atoms with E-state index >= 15 is 0 Å². The third-order valence-electron chi connectivity index (χ3n) is 2.00. The van der Waals surface area contributed by atoms with E-state index in [9.17, 15) is 4.79 Å². The van der Waals surface area contributed by atoms with Crippen LogP contribution in [0, 0.1) is 5.92 Å². The first-order valence-corrected chi connectivity index (χ1v) is 4.76. The number of rotatable bonds is 3. The van der Waals surface area contributed by atoms with Gasteiger partial charge in [-0.15, -0.1) is 0 Å². The second-order valence-corrected chi connectivity index (χ2v) is 3.67. The van der Waals surface area contributed by atoms with Gasteiger partial charge in [-0.25, -0.2) is 0 Å². The van der Waals surface area contributed by atoms with Gasteiger partial charge in [0.25, 0.3) is 0 Å². The van der Waals surface area contributed by atoms with Crippen molar-refractivity contribution in [3.8, 4) is 0 Å². The molecule has 0 aliphatic carbocycles. The van der Waals surface area contributed by atoms with Crippen LogP contribution in [0.3, 0.4) is 0 Å². The summed E-state index contributed by atoms with van der Waals surface area (Å²) in [4.78, 5) is 17.4. The Morgan fingerprint density at radius 2 is 2.21 bits per heavy atom. The zero-order valence-electron chi connectivity index (χ0n) is 8.90. The van der Waals surface area contributed by atoms with Crippen LogP contribution in [0.1, 0.15) is 19.5 Å². The van der Waals surface area contributed by atoms with Crippen molar-refractivity contribution in [2.75, 3.05) is 7.05 Å². The Labute approximate surface area is 84.8 Å². The van der Waals surface area contributed by atoms with Crippen molar-refractivity contribution in [2.24, 2.45) is 5.92 Å². The van der Waals surface area contributed by atoms with E-state index in [1.54, 1.807) is 18.1 Å². The van der Waals surface area contributed by atoms with E-state index in [4.69, 9.17) is 0 Å². The molecule has 0 atom stereocenters. The van der Waals surface area contributed by atoms with Crippen LogP contribution in [0.15, 0.2) is 24.4 Å². The van der Waals surface area contributed by atoms with E-state index in [-0.39, 0.29) is 11.8 Å². The van der Waals surface area contributed by atoms with Crippen LogP contribution < -0.4 is 0 Å². The Bertz CT molecular complexity index is 295. The lowest BCUT2D eigenvalue weighted by Crippen LogP contribution is -2.30. The van der Waals surface area contributed by atoms with Gasteiger partial charge in [-0.05, 0) is 12.1 Å². The summed E-state index contributed by atoms with van der Waals surface area (Å²) in [5.41, 5.74) is 0.920. The van der Waals surface area contributed by atoms with Crippen LogP contribution >= 0.6 is 0 Å². The number of pyridine rings is 1. The van der Waals surface area contributed by atoms with Gasteiger partial charge >= 0.3 is 0 Å². The molecule has 0 radical (unpaired) electrons. The van der Waals surface area contributed by atoms with Gasteiger partial charge in [0.2, 0.25) is 5.91 Å². The smallest absolute Gasteiger partial charge is 0.225 e. The van der Waals surface area contributed by atoms with Gasteiger partial charge in [0, 0.05) is 19.2 Å². The second-order valence-electron chi connectivity index (χ2n) is 3.67. The highest BCUT2D eigenvalue weighted by Gasteiger charge is 2.12. The zero-order valence-corrected chi connectivity index (χ0v) is 8.90. The molecule has 1 heterocycles. The fourth-order valence-corrected chi connectivity index (χ4v) is 1.25. The molecule has 0 saturated carbocycles. The summed E-state index contributed by atoms with van der Waals surface area (Å²) < 4.78 is 0. The van der Waals surface area contributed by atoms with Crippen LogP contribution in [-0.4, -0.2) is 22.8 Å². The van der Waals surface area contributed by atoms with E-state index in [0.29, 0.717) is 6.54 Å². The van der Waals surface area contributed by atoms with Gasteiger partial charge in [0.15, 0.2) is 0 Å². The van der Waals surface area contributed by atoms with Crippen molar-refractivity contribution in [2.45, 2.75) is 20.4 Å². The Balaban J connectivity index is 2.57. The average molecular weight is 192 g/mol. The van der Waals surface area contributed by atoms with Crippen molar-refractivity contribution >= 4 is 5.91 Å². The zero-order chi connectivity index (χ0) is 10.6. The van der Waals surface area contributed by atoms with Gasteiger partial charge < -0.3 is 4.90 Å². The molecule has 3 nitrogen and oxygen atoms in total. The van der Waals surface area contributed by atoms with E-state index in [1.807, 2.05) is 32.0 Å². The van der Waals surface area contributed by atoms with Gasteiger partial charge in [-0.1, -0.05) is 19.9 Å². The quantitative estimate of drug-likeness (QED) is 0.730. The molecule has 0 N–H and O–H groups in total. The highest BCUT2D eigenvalue weighted by Crippen LogP contribution is 2.03. The standard InChI is InChI=1S/C11H16N2O/c1-9(2)11(14)13(3)8-10-6-4-5-7-12-10/h4-7,9H,8H2,1-3H3. The molecule has 1 amide bonds. The Kier molecular flexibility index (Phi) is 3.63. The number of hydrogen-bond donors (Lipinski definition) is 0. The summed E-state index contributed by atoms with van der Waals surface area (Å²) in [5.74, 6) is 0.194. The van der Waals surface area contributed by atoms with Crippen LogP contribution in [-0.2, 0) is 11.3 Å². The maximum Gasteiger partial charge on any atom is 0.225 e. The minimum Gasteiger partial charge on any atom is -0.340 e. The lowest BCUT2D eigenvalue weighted by atomic mass is 10.2. The monoisotopic (exact) mass is 192 g/mol. The Morgan fingerprint density at radius 1 is 1.50 bits per heavy atom. The van der Waals surface area contributed by atoms with Gasteiger partial charge in [0.05, 0.1) is 12.2 Å². The molecule has 3 heteroatoms. The normalized spacial score (nSPS) is 10.3. The number of nitrogens with zero attached hydrogens (tertiary/aromatic N) is 2. The molecule has 0 aliphatic heterocycles. The first-order chi connectivity index (χ1) is 6.61.